The number of rotatable bonds is 5. The molecule has 0 radical (unpaired) electrons. The van der Waals surface area contributed by atoms with Crippen molar-refractivity contribution >= 4 is 11.5 Å². The molecule has 1 fully saturated rings. The van der Waals surface area contributed by atoms with E-state index in [9.17, 15) is 14.9 Å². The molecule has 1 heterocycles. The minimum atomic E-state index is -0.322. The molecule has 0 bridgehead atoms. The van der Waals surface area contributed by atoms with Crippen LogP contribution in [0.4, 0.5) is 5.69 Å². The number of para-hydroxylation sites is 1. The third-order valence-corrected chi connectivity index (χ3v) is 4.05. The number of likely N-dealkylation sites (tertiary alicyclic amines) is 1. The molecule has 0 unspecified atom stereocenters. The smallest absolute Gasteiger partial charge is 0.272 e. The number of piperidine rings is 1. The second-order valence-electron chi connectivity index (χ2n) is 5.36. The standard InChI is InChI=1S/C15H20N2O3/c1-12(18)13-6-9-16(10-7-13)11-8-14-4-2-3-5-15(14)17(19)20/h2-5,13H,6-11H2,1H3. The maximum absolute atomic E-state index is 11.3. The summed E-state index contributed by atoms with van der Waals surface area (Å²) in [5.74, 6) is 0.487. The van der Waals surface area contributed by atoms with E-state index < -0.39 is 0 Å². The predicted molar refractivity (Wildman–Crippen MR) is 76.6 cm³/mol. The Bertz CT molecular complexity index is 494. The predicted octanol–water partition coefficient (Wildman–Crippen LogP) is 2.44. The van der Waals surface area contributed by atoms with E-state index in [0.717, 1.165) is 38.0 Å². The second-order valence-corrected chi connectivity index (χ2v) is 5.36. The number of carbonyl (C=O) groups is 1. The van der Waals surface area contributed by atoms with Crippen LogP contribution in [0.1, 0.15) is 25.3 Å². The molecular formula is C15H20N2O3. The minimum absolute atomic E-state index is 0.200. The Morgan fingerprint density at radius 1 is 1.35 bits per heavy atom. The molecule has 5 nitrogen and oxygen atoms in total. The van der Waals surface area contributed by atoms with Gasteiger partial charge in [0.25, 0.3) is 5.69 Å². The van der Waals surface area contributed by atoms with Crippen LogP contribution in [0.25, 0.3) is 0 Å². The van der Waals surface area contributed by atoms with Gasteiger partial charge in [-0.25, -0.2) is 0 Å². The number of nitro benzene ring substituents is 1. The molecule has 0 N–H and O–H groups in total. The summed E-state index contributed by atoms with van der Waals surface area (Å²) < 4.78 is 0. The Morgan fingerprint density at radius 2 is 2.00 bits per heavy atom. The molecule has 1 aliphatic heterocycles. The Labute approximate surface area is 118 Å². The number of Topliss-reactive ketones (excluding diaryl/α,β-unsaturated/α-hetero) is 1. The third-order valence-electron chi connectivity index (χ3n) is 4.05. The van der Waals surface area contributed by atoms with Gasteiger partial charge < -0.3 is 4.90 Å². The summed E-state index contributed by atoms with van der Waals surface area (Å²) in [5, 5.41) is 10.9. The molecule has 1 aromatic rings. The molecule has 0 spiro atoms. The number of carbonyl (C=O) groups excluding carboxylic acids is 1. The molecular weight excluding hydrogens is 256 g/mol. The number of ketones is 1. The van der Waals surface area contributed by atoms with Crippen LogP contribution in [0.15, 0.2) is 24.3 Å². The molecule has 1 aliphatic rings. The van der Waals surface area contributed by atoms with E-state index in [-0.39, 0.29) is 22.3 Å². The van der Waals surface area contributed by atoms with E-state index in [0.29, 0.717) is 6.42 Å². The van der Waals surface area contributed by atoms with Crippen molar-refractivity contribution in [1.82, 2.24) is 4.90 Å². The van der Waals surface area contributed by atoms with Gasteiger partial charge in [0.15, 0.2) is 0 Å². The summed E-state index contributed by atoms with van der Waals surface area (Å²) in [6.45, 7) is 4.29. The van der Waals surface area contributed by atoms with Crippen molar-refractivity contribution in [2.45, 2.75) is 26.2 Å². The van der Waals surface area contributed by atoms with Gasteiger partial charge in [-0.3, -0.25) is 14.9 Å². The number of nitrogens with zero attached hydrogens (tertiary/aromatic N) is 2. The van der Waals surface area contributed by atoms with Crippen LogP contribution in [-0.2, 0) is 11.2 Å². The van der Waals surface area contributed by atoms with E-state index in [4.69, 9.17) is 0 Å². The lowest BCUT2D eigenvalue weighted by Crippen LogP contribution is -2.37. The minimum Gasteiger partial charge on any atom is -0.303 e. The first-order valence-electron chi connectivity index (χ1n) is 7.03. The van der Waals surface area contributed by atoms with Crippen LogP contribution >= 0.6 is 0 Å². The third kappa shape index (κ3) is 3.63. The van der Waals surface area contributed by atoms with E-state index in [1.165, 1.54) is 0 Å². The van der Waals surface area contributed by atoms with E-state index in [1.54, 1.807) is 19.1 Å². The zero-order valence-corrected chi connectivity index (χ0v) is 11.7. The van der Waals surface area contributed by atoms with Crippen molar-refractivity contribution in [3.63, 3.8) is 0 Å². The van der Waals surface area contributed by atoms with Gasteiger partial charge in [-0.15, -0.1) is 0 Å². The fourth-order valence-corrected chi connectivity index (χ4v) is 2.74. The molecule has 0 saturated carbocycles. The van der Waals surface area contributed by atoms with Crippen LogP contribution in [-0.4, -0.2) is 35.2 Å². The van der Waals surface area contributed by atoms with Crippen molar-refractivity contribution in [2.24, 2.45) is 5.92 Å². The monoisotopic (exact) mass is 276 g/mol. The van der Waals surface area contributed by atoms with Gasteiger partial charge >= 0.3 is 0 Å². The molecule has 0 aromatic heterocycles. The van der Waals surface area contributed by atoms with Crippen molar-refractivity contribution in [2.75, 3.05) is 19.6 Å². The van der Waals surface area contributed by atoms with Gasteiger partial charge in [-0.1, -0.05) is 18.2 Å². The summed E-state index contributed by atoms with van der Waals surface area (Å²) in [6, 6.07) is 6.90. The molecule has 20 heavy (non-hydrogen) atoms. The summed E-state index contributed by atoms with van der Waals surface area (Å²) >= 11 is 0. The van der Waals surface area contributed by atoms with Crippen LogP contribution in [0.3, 0.4) is 0 Å². The van der Waals surface area contributed by atoms with Crippen LogP contribution in [0.5, 0.6) is 0 Å². The zero-order chi connectivity index (χ0) is 14.5. The van der Waals surface area contributed by atoms with Gasteiger partial charge in [0.2, 0.25) is 0 Å². The largest absolute Gasteiger partial charge is 0.303 e. The molecule has 5 heteroatoms. The summed E-state index contributed by atoms with van der Waals surface area (Å²) in [7, 11) is 0. The Hall–Kier alpha value is -1.75. The number of nitro groups is 1. The average Bonchev–Trinajstić information content (AvgIpc) is 2.45. The fraction of sp³-hybridized carbons (Fsp3) is 0.533. The number of hydrogen-bond donors (Lipinski definition) is 0. The van der Waals surface area contributed by atoms with Gasteiger partial charge in [-0.2, -0.15) is 0 Å². The lowest BCUT2D eigenvalue weighted by Gasteiger charge is -2.30. The molecule has 0 amide bonds. The van der Waals surface area contributed by atoms with Gasteiger partial charge in [-0.05, 0) is 39.3 Å². The lowest BCUT2D eigenvalue weighted by atomic mass is 9.93. The SMILES string of the molecule is CC(=O)C1CCN(CCc2ccccc2[N+](=O)[O-])CC1. The Morgan fingerprint density at radius 3 is 2.60 bits per heavy atom. The highest BCUT2D eigenvalue weighted by Gasteiger charge is 2.22. The first-order valence-corrected chi connectivity index (χ1v) is 7.03. The summed E-state index contributed by atoms with van der Waals surface area (Å²) in [4.78, 5) is 24.2. The summed E-state index contributed by atoms with van der Waals surface area (Å²) in [6.07, 6.45) is 2.50. The molecule has 0 atom stereocenters. The Kier molecular flexibility index (Phi) is 4.84. The molecule has 108 valence electrons. The molecule has 1 aromatic carbocycles. The van der Waals surface area contributed by atoms with Gasteiger partial charge in [0, 0.05) is 24.1 Å². The molecule has 2 rings (SSSR count). The first kappa shape index (κ1) is 14.7. The van der Waals surface area contributed by atoms with Crippen molar-refractivity contribution in [3.8, 4) is 0 Å². The van der Waals surface area contributed by atoms with Crippen molar-refractivity contribution < 1.29 is 9.72 Å². The summed E-state index contributed by atoms with van der Waals surface area (Å²) in [5.41, 5.74) is 0.984. The Balaban J connectivity index is 1.88. The second kappa shape index (κ2) is 6.61. The van der Waals surface area contributed by atoms with Gasteiger partial charge in [0.1, 0.15) is 5.78 Å². The lowest BCUT2D eigenvalue weighted by molar-refractivity contribution is -0.385. The van der Waals surface area contributed by atoms with Crippen LogP contribution in [0.2, 0.25) is 0 Å². The van der Waals surface area contributed by atoms with Crippen LogP contribution in [0, 0.1) is 16.0 Å². The highest BCUT2D eigenvalue weighted by molar-refractivity contribution is 5.78. The maximum atomic E-state index is 11.3. The van der Waals surface area contributed by atoms with E-state index in [2.05, 4.69) is 4.90 Å². The average molecular weight is 276 g/mol. The van der Waals surface area contributed by atoms with Gasteiger partial charge in [0.05, 0.1) is 4.92 Å². The van der Waals surface area contributed by atoms with Crippen molar-refractivity contribution in [1.29, 1.82) is 0 Å². The highest BCUT2D eigenvalue weighted by Crippen LogP contribution is 2.21. The van der Waals surface area contributed by atoms with E-state index in [1.807, 2.05) is 12.1 Å². The normalized spacial score (nSPS) is 17.1. The van der Waals surface area contributed by atoms with Crippen LogP contribution < -0.4 is 0 Å². The molecule has 1 saturated heterocycles. The number of hydrogen-bond acceptors (Lipinski definition) is 4. The fourth-order valence-electron chi connectivity index (χ4n) is 2.74. The molecule has 0 aliphatic carbocycles. The van der Waals surface area contributed by atoms with E-state index >= 15 is 0 Å². The zero-order valence-electron chi connectivity index (χ0n) is 11.7. The quantitative estimate of drug-likeness (QED) is 0.612. The topological polar surface area (TPSA) is 63.5 Å². The first-order chi connectivity index (χ1) is 9.58. The maximum Gasteiger partial charge on any atom is 0.272 e. The van der Waals surface area contributed by atoms with Crippen molar-refractivity contribution in [3.05, 3.63) is 39.9 Å². The highest BCUT2D eigenvalue weighted by atomic mass is 16.6. The number of benzene rings is 1.